The fraction of sp³-hybridized carbons (Fsp3) is 0.129. The number of anilines is 3. The summed E-state index contributed by atoms with van der Waals surface area (Å²) in [6.45, 7) is 5.30. The minimum absolute atomic E-state index is 0.101. The minimum Gasteiger partial charge on any atom is -0.506 e. The van der Waals surface area contributed by atoms with Crippen molar-refractivity contribution in [1.82, 2.24) is 0 Å². The molecule has 0 spiro atoms. The number of ether oxygens (including phenoxy) is 2. The number of phenolic OH excluding ortho intramolecular Hbond substituents is 1. The molecule has 9 heteroatoms. The highest BCUT2D eigenvalue weighted by atomic mass is 16.5. The molecule has 4 N–H and O–H groups in total. The molecule has 40 heavy (non-hydrogen) atoms. The van der Waals surface area contributed by atoms with Crippen molar-refractivity contribution >= 4 is 35.0 Å². The second kappa shape index (κ2) is 12.5. The van der Waals surface area contributed by atoms with Crippen molar-refractivity contribution in [3.8, 4) is 28.4 Å². The molecule has 0 unspecified atom stereocenters. The highest BCUT2D eigenvalue weighted by molar-refractivity contribution is 6.37. The molecule has 3 amide bonds. The Labute approximate surface area is 231 Å². The molecule has 4 rings (SSSR count). The number of rotatable bonds is 7. The number of esters is 1. The Balaban J connectivity index is 1.42. The van der Waals surface area contributed by atoms with Crippen LogP contribution in [-0.4, -0.2) is 29.6 Å². The molecule has 0 atom stereocenters. The maximum absolute atomic E-state index is 12.6. The third-order valence-electron chi connectivity index (χ3n) is 5.87. The topological polar surface area (TPSA) is 126 Å². The lowest BCUT2D eigenvalue weighted by Crippen LogP contribution is -2.25. The molecule has 0 heterocycles. The third-order valence-corrected chi connectivity index (χ3v) is 5.87. The molecule has 0 saturated heterocycles. The summed E-state index contributed by atoms with van der Waals surface area (Å²) in [6, 6.07) is 24.6. The summed E-state index contributed by atoms with van der Waals surface area (Å²) >= 11 is 0. The molecule has 9 nitrogen and oxygen atoms in total. The van der Waals surface area contributed by atoms with Gasteiger partial charge in [0.25, 0.3) is 0 Å². The van der Waals surface area contributed by atoms with E-state index in [-0.39, 0.29) is 18.0 Å². The second-order valence-corrected chi connectivity index (χ2v) is 8.92. The standard InChI is InChI=1S/C31H29N3O6/c1-4-39-30(37)29(36)32-24-16-19(2)28(20(3)17-24)40-25-14-15-27(35)26(18-25)34-31(38)33-23-12-10-22(11-13-23)21-8-6-5-7-9-21/h5-18,35H,4H2,1-3H3,(H,32,36)(H2,33,34,38). The van der Waals surface area contributed by atoms with Crippen LogP contribution in [-0.2, 0) is 14.3 Å². The smallest absolute Gasteiger partial charge is 0.397 e. The van der Waals surface area contributed by atoms with Crippen molar-refractivity contribution in [3.63, 3.8) is 0 Å². The number of urea groups is 1. The van der Waals surface area contributed by atoms with Crippen LogP contribution >= 0.6 is 0 Å². The van der Waals surface area contributed by atoms with E-state index in [9.17, 15) is 19.5 Å². The Morgan fingerprint density at radius 1 is 0.750 bits per heavy atom. The monoisotopic (exact) mass is 539 g/mol. The van der Waals surface area contributed by atoms with Crippen molar-refractivity contribution in [2.45, 2.75) is 20.8 Å². The second-order valence-electron chi connectivity index (χ2n) is 8.92. The van der Waals surface area contributed by atoms with Gasteiger partial charge in [-0.3, -0.25) is 4.79 Å². The molecule has 0 aliphatic rings. The van der Waals surface area contributed by atoms with Gasteiger partial charge in [0.1, 0.15) is 17.2 Å². The van der Waals surface area contributed by atoms with Crippen molar-refractivity contribution in [3.05, 3.63) is 96.1 Å². The van der Waals surface area contributed by atoms with Crippen LogP contribution in [0, 0.1) is 13.8 Å². The molecule has 204 valence electrons. The van der Waals surface area contributed by atoms with Crippen molar-refractivity contribution in [2.24, 2.45) is 0 Å². The molecule has 0 bridgehead atoms. The van der Waals surface area contributed by atoms with Gasteiger partial charge in [0.05, 0.1) is 12.3 Å². The van der Waals surface area contributed by atoms with E-state index in [2.05, 4.69) is 16.0 Å². The summed E-state index contributed by atoms with van der Waals surface area (Å²) in [5, 5.41) is 18.2. The van der Waals surface area contributed by atoms with Gasteiger partial charge in [-0.05, 0) is 79.4 Å². The normalized spacial score (nSPS) is 10.4. The number of aryl methyl sites for hydroxylation is 2. The van der Waals surface area contributed by atoms with Gasteiger partial charge < -0.3 is 30.5 Å². The number of hydrogen-bond acceptors (Lipinski definition) is 6. The average molecular weight is 540 g/mol. The molecule has 4 aromatic rings. The number of phenols is 1. The van der Waals surface area contributed by atoms with Crippen LogP contribution in [0.4, 0.5) is 21.9 Å². The fourth-order valence-corrected chi connectivity index (χ4v) is 4.02. The van der Waals surface area contributed by atoms with Gasteiger partial charge in [0.15, 0.2) is 0 Å². The first kappa shape index (κ1) is 27.7. The lowest BCUT2D eigenvalue weighted by Gasteiger charge is -2.16. The van der Waals surface area contributed by atoms with Gasteiger partial charge in [-0.1, -0.05) is 42.5 Å². The van der Waals surface area contributed by atoms with E-state index in [4.69, 9.17) is 9.47 Å². The van der Waals surface area contributed by atoms with Crippen molar-refractivity contribution in [2.75, 3.05) is 22.6 Å². The molecule has 4 aromatic carbocycles. The van der Waals surface area contributed by atoms with Crippen LogP contribution in [0.1, 0.15) is 18.1 Å². The number of hydrogen-bond donors (Lipinski definition) is 4. The first-order chi connectivity index (χ1) is 19.2. The molecule has 0 aromatic heterocycles. The highest BCUT2D eigenvalue weighted by Crippen LogP contribution is 2.35. The molecular formula is C31H29N3O6. The first-order valence-corrected chi connectivity index (χ1v) is 12.6. The van der Waals surface area contributed by atoms with Crippen LogP contribution in [0.15, 0.2) is 84.9 Å². The summed E-state index contributed by atoms with van der Waals surface area (Å²) in [4.78, 5) is 36.2. The van der Waals surface area contributed by atoms with Gasteiger partial charge in [0.2, 0.25) is 0 Å². The lowest BCUT2D eigenvalue weighted by atomic mass is 10.1. The minimum atomic E-state index is -0.963. The van der Waals surface area contributed by atoms with Gasteiger partial charge in [-0.25, -0.2) is 9.59 Å². The zero-order valence-corrected chi connectivity index (χ0v) is 22.3. The van der Waals surface area contributed by atoms with E-state index in [0.29, 0.717) is 34.0 Å². The summed E-state index contributed by atoms with van der Waals surface area (Å²) in [7, 11) is 0. The number of benzene rings is 4. The van der Waals surface area contributed by atoms with E-state index in [0.717, 1.165) is 11.1 Å². The van der Waals surface area contributed by atoms with Crippen molar-refractivity contribution in [1.29, 1.82) is 0 Å². The van der Waals surface area contributed by atoms with Crippen LogP contribution in [0.25, 0.3) is 11.1 Å². The molecule has 0 saturated carbocycles. The predicted molar refractivity (Wildman–Crippen MR) is 154 cm³/mol. The average Bonchev–Trinajstić information content (AvgIpc) is 2.93. The van der Waals surface area contributed by atoms with Gasteiger partial charge in [0, 0.05) is 17.4 Å². The Morgan fingerprint density at radius 3 is 2.05 bits per heavy atom. The largest absolute Gasteiger partial charge is 0.506 e. The SMILES string of the molecule is CCOC(=O)C(=O)Nc1cc(C)c(Oc2ccc(O)c(NC(=O)Nc3ccc(-c4ccccc4)cc3)c2)c(C)c1. The molecule has 0 aliphatic carbocycles. The predicted octanol–water partition coefficient (Wildman–Crippen LogP) is 6.61. The lowest BCUT2D eigenvalue weighted by molar-refractivity contribution is -0.152. The Kier molecular flexibility index (Phi) is 8.65. The van der Waals surface area contributed by atoms with Crippen LogP contribution in [0.3, 0.4) is 0 Å². The number of amides is 3. The zero-order chi connectivity index (χ0) is 28.6. The van der Waals surface area contributed by atoms with E-state index in [1.54, 1.807) is 51.1 Å². The molecule has 0 fully saturated rings. The number of aromatic hydroxyl groups is 1. The van der Waals surface area contributed by atoms with E-state index >= 15 is 0 Å². The van der Waals surface area contributed by atoms with Gasteiger partial charge in [-0.2, -0.15) is 0 Å². The third kappa shape index (κ3) is 6.96. The Morgan fingerprint density at radius 2 is 1.40 bits per heavy atom. The zero-order valence-electron chi connectivity index (χ0n) is 22.3. The number of carbonyl (C=O) groups excluding carboxylic acids is 3. The molecule has 0 radical (unpaired) electrons. The highest BCUT2D eigenvalue weighted by Gasteiger charge is 2.17. The summed E-state index contributed by atoms with van der Waals surface area (Å²) in [5.74, 6) is -1.07. The maximum Gasteiger partial charge on any atom is 0.397 e. The number of nitrogens with one attached hydrogen (secondary N) is 3. The Hall–Kier alpha value is -5.31. The maximum atomic E-state index is 12.6. The summed E-state index contributed by atoms with van der Waals surface area (Å²) in [6.07, 6.45) is 0. The summed E-state index contributed by atoms with van der Waals surface area (Å²) in [5.41, 5.74) is 4.64. The fourth-order valence-electron chi connectivity index (χ4n) is 4.02. The quantitative estimate of drug-likeness (QED) is 0.119. The van der Waals surface area contributed by atoms with E-state index < -0.39 is 17.9 Å². The van der Waals surface area contributed by atoms with Crippen LogP contribution in [0.2, 0.25) is 0 Å². The Bertz CT molecular complexity index is 1510. The van der Waals surface area contributed by atoms with Gasteiger partial charge >= 0.3 is 17.9 Å². The molecular weight excluding hydrogens is 510 g/mol. The first-order valence-electron chi connectivity index (χ1n) is 12.6. The van der Waals surface area contributed by atoms with Crippen LogP contribution < -0.4 is 20.7 Å². The molecule has 0 aliphatic heterocycles. The van der Waals surface area contributed by atoms with Gasteiger partial charge in [-0.15, -0.1) is 0 Å². The number of carbonyl (C=O) groups is 3. The van der Waals surface area contributed by atoms with E-state index in [1.807, 2.05) is 42.5 Å². The van der Waals surface area contributed by atoms with Crippen LogP contribution in [0.5, 0.6) is 17.2 Å². The summed E-state index contributed by atoms with van der Waals surface area (Å²) < 4.78 is 10.8. The van der Waals surface area contributed by atoms with E-state index in [1.165, 1.54) is 12.1 Å². The van der Waals surface area contributed by atoms with Crippen molar-refractivity contribution < 1.29 is 29.0 Å².